The maximum atomic E-state index is 12.7. The van der Waals surface area contributed by atoms with Gasteiger partial charge in [-0.25, -0.2) is 0 Å². The average molecular weight is 596 g/mol. The summed E-state index contributed by atoms with van der Waals surface area (Å²) in [4.78, 5) is 12.7. The van der Waals surface area contributed by atoms with E-state index in [4.69, 9.17) is 23.4 Å². The first-order chi connectivity index (χ1) is 19.8. The van der Waals surface area contributed by atoms with Crippen LogP contribution in [0.5, 0.6) is 23.0 Å². The molecule has 228 valence electrons. The first-order valence-corrected chi connectivity index (χ1v) is 12.5. The molecule has 8 unspecified atom stereocenters. The quantitative estimate of drug-likeness (QED) is 0.104. The Balaban J connectivity index is 1.40. The Morgan fingerprint density at radius 3 is 2.31 bits per heavy atom. The maximum Gasteiger partial charge on any atom is 0.355 e. The van der Waals surface area contributed by atoms with Crippen molar-refractivity contribution in [3.8, 4) is 34.3 Å². The molecule has 0 saturated carbocycles. The van der Waals surface area contributed by atoms with Crippen molar-refractivity contribution in [1.29, 1.82) is 0 Å². The Morgan fingerprint density at radius 1 is 0.857 bits per heavy atom. The second-order valence-corrected chi connectivity index (χ2v) is 9.89. The molecule has 0 spiro atoms. The molecule has 3 heterocycles. The highest BCUT2D eigenvalue weighted by molar-refractivity contribution is 5.86. The first kappa shape index (κ1) is 29.9. The van der Waals surface area contributed by atoms with E-state index in [2.05, 4.69) is 0 Å². The number of phenols is 3. The normalized spacial score (nSPS) is 33.5. The molecular formula is C26H28O16. The van der Waals surface area contributed by atoms with Crippen LogP contribution in [-0.4, -0.2) is 119 Å². The van der Waals surface area contributed by atoms with Gasteiger partial charge < -0.3 is 74.4 Å². The molecule has 2 aliphatic rings. The van der Waals surface area contributed by atoms with Gasteiger partial charge in [-0.15, -0.1) is 0 Å². The molecule has 0 radical (unpaired) electrons. The number of ether oxygens (including phenoxy) is 4. The van der Waals surface area contributed by atoms with Crippen LogP contribution >= 0.6 is 0 Å². The molecule has 2 fully saturated rings. The summed E-state index contributed by atoms with van der Waals surface area (Å²) in [6.45, 7) is -1.07. The summed E-state index contributed by atoms with van der Waals surface area (Å²) in [5, 5.41) is 101. The molecule has 2 saturated heterocycles. The van der Waals surface area contributed by atoms with Gasteiger partial charge in [0.2, 0.25) is 0 Å². The van der Waals surface area contributed by atoms with Crippen molar-refractivity contribution in [1.82, 2.24) is 0 Å². The predicted molar refractivity (Wildman–Crippen MR) is 135 cm³/mol. The van der Waals surface area contributed by atoms with Gasteiger partial charge in [-0.2, -0.15) is 0 Å². The number of aromatic hydroxyl groups is 3. The molecule has 3 aromatic rings. The third-order valence-electron chi connectivity index (χ3n) is 6.93. The van der Waals surface area contributed by atoms with Gasteiger partial charge in [0.1, 0.15) is 64.9 Å². The molecule has 10 N–H and O–H groups in total. The predicted octanol–water partition coefficient (Wildman–Crippen LogP) is -2.46. The van der Waals surface area contributed by atoms with Gasteiger partial charge in [-0.1, -0.05) is 0 Å². The lowest BCUT2D eigenvalue weighted by Crippen LogP contribution is -2.67. The minimum atomic E-state index is -3.07. The Morgan fingerprint density at radius 2 is 1.60 bits per heavy atom. The largest absolute Gasteiger partial charge is 0.507 e. The van der Waals surface area contributed by atoms with E-state index in [1.54, 1.807) is 0 Å². The first-order valence-electron chi connectivity index (χ1n) is 12.5. The lowest BCUT2D eigenvalue weighted by molar-refractivity contribution is -0.425. The van der Waals surface area contributed by atoms with Crippen LogP contribution in [-0.2, 0) is 14.2 Å². The van der Waals surface area contributed by atoms with E-state index in [-0.39, 0.29) is 28.9 Å². The van der Waals surface area contributed by atoms with Crippen LogP contribution in [0.15, 0.2) is 45.6 Å². The third-order valence-corrected chi connectivity index (χ3v) is 6.93. The van der Waals surface area contributed by atoms with Gasteiger partial charge in [-0.05, 0) is 18.2 Å². The van der Waals surface area contributed by atoms with E-state index in [1.165, 1.54) is 6.07 Å². The van der Waals surface area contributed by atoms with Crippen LogP contribution in [0, 0.1) is 0 Å². The van der Waals surface area contributed by atoms with Crippen LogP contribution in [0.2, 0.25) is 0 Å². The zero-order valence-electron chi connectivity index (χ0n) is 21.4. The zero-order chi connectivity index (χ0) is 30.5. The lowest BCUT2D eigenvalue weighted by Gasteiger charge is -2.45. The topological polar surface area (TPSA) is 269 Å². The van der Waals surface area contributed by atoms with E-state index in [9.17, 15) is 55.9 Å². The van der Waals surface area contributed by atoms with Gasteiger partial charge in [0.05, 0.1) is 13.2 Å². The summed E-state index contributed by atoms with van der Waals surface area (Å²) < 4.78 is 26.8. The second kappa shape index (κ2) is 11.3. The fraction of sp³-hybridized carbons (Fsp3) is 0.423. The van der Waals surface area contributed by atoms with Gasteiger partial charge in [0, 0.05) is 23.8 Å². The molecule has 16 heteroatoms. The molecule has 0 bridgehead atoms. The van der Waals surface area contributed by atoms with E-state index in [1.807, 2.05) is 0 Å². The van der Waals surface area contributed by atoms with Crippen molar-refractivity contribution in [2.24, 2.45) is 0 Å². The fourth-order valence-corrected chi connectivity index (χ4v) is 4.60. The number of phenolic OH excluding ortho intramolecular Hbond substituents is 3. The highest BCUT2D eigenvalue weighted by Crippen LogP contribution is 2.37. The maximum absolute atomic E-state index is 12.7. The fourth-order valence-electron chi connectivity index (χ4n) is 4.60. The molecule has 0 amide bonds. The molecule has 16 nitrogen and oxygen atoms in total. The molecular weight excluding hydrogens is 568 g/mol. The van der Waals surface area contributed by atoms with Gasteiger partial charge in [-0.3, -0.25) is 4.79 Å². The number of benzene rings is 2. The van der Waals surface area contributed by atoms with Crippen LogP contribution in [0.1, 0.15) is 0 Å². The molecule has 5 rings (SSSR count). The number of rotatable bonds is 6. The van der Waals surface area contributed by atoms with E-state index >= 15 is 0 Å². The number of hydrogen-bond acceptors (Lipinski definition) is 16. The smallest absolute Gasteiger partial charge is 0.355 e. The molecule has 2 aliphatic heterocycles. The second-order valence-electron chi connectivity index (χ2n) is 9.89. The summed E-state index contributed by atoms with van der Waals surface area (Å²) in [6.07, 6.45) is -14.0. The molecule has 0 aliphatic carbocycles. The Hall–Kier alpha value is -3.55. The highest BCUT2D eigenvalue weighted by atomic mass is 16.8. The summed E-state index contributed by atoms with van der Waals surface area (Å²) in [6, 6.07) is 6.62. The van der Waals surface area contributed by atoms with E-state index in [0.29, 0.717) is 0 Å². The van der Waals surface area contributed by atoms with E-state index < -0.39 is 90.0 Å². The summed E-state index contributed by atoms with van der Waals surface area (Å²) in [5.74, 6) is -5.14. The number of aliphatic hydroxyl groups is 7. The Kier molecular flexibility index (Phi) is 8.03. The minimum absolute atomic E-state index is 0.0764. The van der Waals surface area contributed by atoms with Crippen molar-refractivity contribution in [2.75, 3.05) is 13.2 Å². The van der Waals surface area contributed by atoms with E-state index in [0.717, 1.165) is 30.3 Å². The highest BCUT2D eigenvalue weighted by Gasteiger charge is 2.55. The average Bonchev–Trinajstić information content (AvgIpc) is 2.94. The zero-order valence-corrected chi connectivity index (χ0v) is 21.4. The van der Waals surface area contributed by atoms with Crippen LogP contribution in [0.3, 0.4) is 0 Å². The van der Waals surface area contributed by atoms with Gasteiger partial charge in [0.15, 0.2) is 29.3 Å². The van der Waals surface area contributed by atoms with Crippen LogP contribution < -0.4 is 10.2 Å². The molecule has 9 atom stereocenters. The van der Waals surface area contributed by atoms with Crippen molar-refractivity contribution in [3.05, 3.63) is 46.6 Å². The molecule has 42 heavy (non-hydrogen) atoms. The summed E-state index contributed by atoms with van der Waals surface area (Å²) >= 11 is 0. The van der Waals surface area contributed by atoms with Gasteiger partial charge >= 0.3 is 5.97 Å². The summed E-state index contributed by atoms with van der Waals surface area (Å²) in [7, 11) is 0. The Labute approximate surface area is 235 Å². The minimum Gasteiger partial charge on any atom is -0.507 e. The number of fused-ring (bicyclic) bond motifs is 1. The monoisotopic (exact) mass is 596 g/mol. The van der Waals surface area contributed by atoms with Crippen LogP contribution in [0.25, 0.3) is 22.3 Å². The lowest BCUT2D eigenvalue weighted by atomic mass is 9.97. The number of aliphatic hydroxyl groups excluding tert-OH is 6. The van der Waals surface area contributed by atoms with Gasteiger partial charge in [0.25, 0.3) is 0 Å². The van der Waals surface area contributed by atoms with Crippen molar-refractivity contribution >= 4 is 11.0 Å². The van der Waals surface area contributed by atoms with Crippen molar-refractivity contribution in [3.63, 3.8) is 0 Å². The molecule has 1 aromatic heterocycles. The standard InChI is InChI=1S/C26H28O16/c27-11-2-1-9(3-12(11)28)16-6-14(30)19-13(29)4-10(5-17(19)40-16)41-26(37)24(36)22(34)21(33)18(42-26)8-39-25-23(35)20(32)15(31)7-38-25/h1-6,15,18,20-25,27-29,31-37H,7-8H2/t15?,18?,20?,21?,22?,23?,24?,25?,26-/m0/s1. The number of hydrogen-bond donors (Lipinski definition) is 10. The van der Waals surface area contributed by atoms with Crippen molar-refractivity contribution in [2.45, 2.75) is 55.0 Å². The Bertz CT molecular complexity index is 1510. The molecule has 2 aromatic carbocycles. The third kappa shape index (κ3) is 5.48. The van der Waals surface area contributed by atoms with Crippen LogP contribution in [0.4, 0.5) is 0 Å². The summed E-state index contributed by atoms with van der Waals surface area (Å²) in [5.41, 5.74) is -0.775. The SMILES string of the molecule is O=c1cc(-c2ccc(O)c(O)c2)oc2cc(O[C@]3(O)OC(COC4OCC(O)C(O)C4O)C(O)C(O)C3O)cc(O)c12. The van der Waals surface area contributed by atoms with Crippen molar-refractivity contribution < 1.29 is 74.4 Å².